The third kappa shape index (κ3) is 7.25. The molecule has 0 aliphatic rings. The lowest BCUT2D eigenvalue weighted by atomic mass is 10.2. The highest BCUT2D eigenvalue weighted by atomic mass is 16.6. The predicted molar refractivity (Wildman–Crippen MR) is 80.6 cm³/mol. The van der Waals surface area contributed by atoms with Gasteiger partial charge in [-0.1, -0.05) is 30.3 Å². The second kappa shape index (κ2) is 9.38. The van der Waals surface area contributed by atoms with Crippen molar-refractivity contribution in [2.24, 2.45) is 5.73 Å². The summed E-state index contributed by atoms with van der Waals surface area (Å²) in [5.74, 6) is -1.35. The number of aliphatic hydroxyl groups is 1. The zero-order valence-electron chi connectivity index (χ0n) is 12.6. The van der Waals surface area contributed by atoms with E-state index in [1.165, 1.54) is 6.92 Å². The van der Waals surface area contributed by atoms with Gasteiger partial charge in [0.15, 0.2) is 0 Å². The third-order valence-corrected chi connectivity index (χ3v) is 2.76. The van der Waals surface area contributed by atoms with Crippen LogP contribution in [0.1, 0.15) is 12.5 Å². The Morgan fingerprint density at radius 3 is 2.48 bits per heavy atom. The molecule has 6 N–H and O–H groups in total. The van der Waals surface area contributed by atoms with Crippen molar-refractivity contribution in [3.05, 3.63) is 35.9 Å². The molecule has 0 saturated carbocycles. The smallest absolute Gasteiger partial charge is 0.426 e. The summed E-state index contributed by atoms with van der Waals surface area (Å²) in [6, 6.07) is 7.88. The Hall–Kier alpha value is -2.65. The van der Waals surface area contributed by atoms with Gasteiger partial charge in [0.25, 0.3) is 5.91 Å². The van der Waals surface area contributed by atoms with Gasteiger partial charge in [0.2, 0.25) is 5.91 Å². The van der Waals surface area contributed by atoms with Crippen LogP contribution in [-0.2, 0) is 20.9 Å². The molecule has 0 aliphatic carbocycles. The molecule has 0 saturated heterocycles. The quantitative estimate of drug-likeness (QED) is 0.415. The predicted octanol–water partition coefficient (Wildman–Crippen LogP) is -1.23. The van der Waals surface area contributed by atoms with E-state index in [-0.39, 0.29) is 6.61 Å². The number of hydrogen-bond acceptors (Lipinski definition) is 6. The van der Waals surface area contributed by atoms with Crippen LogP contribution in [-0.4, -0.2) is 41.7 Å². The van der Waals surface area contributed by atoms with Crippen molar-refractivity contribution >= 4 is 17.9 Å². The molecule has 0 bridgehead atoms. The van der Waals surface area contributed by atoms with Crippen LogP contribution < -0.4 is 21.9 Å². The summed E-state index contributed by atoms with van der Waals surface area (Å²) in [5, 5.41) is 11.3. The average molecular weight is 324 g/mol. The minimum absolute atomic E-state index is 0.0581. The zero-order valence-corrected chi connectivity index (χ0v) is 12.6. The summed E-state index contributed by atoms with van der Waals surface area (Å²) in [5.41, 5.74) is 10.3. The Labute approximate surface area is 133 Å². The van der Waals surface area contributed by atoms with Crippen molar-refractivity contribution in [3.63, 3.8) is 0 Å². The first-order valence-corrected chi connectivity index (χ1v) is 6.87. The maximum atomic E-state index is 11.4. The molecule has 23 heavy (non-hydrogen) atoms. The SMILES string of the molecule is C[C@@H](O)[C@H](N)C(=O)NCC(=O)NNC(=O)OCc1ccccc1. The number of carbonyl (C=O) groups is 3. The minimum atomic E-state index is -1.13. The van der Waals surface area contributed by atoms with Gasteiger partial charge in [0, 0.05) is 0 Å². The van der Waals surface area contributed by atoms with Crippen LogP contribution in [0.25, 0.3) is 0 Å². The number of hydrogen-bond donors (Lipinski definition) is 5. The second-order valence-corrected chi connectivity index (χ2v) is 4.72. The number of rotatable bonds is 6. The van der Waals surface area contributed by atoms with E-state index in [0.29, 0.717) is 0 Å². The van der Waals surface area contributed by atoms with Crippen molar-refractivity contribution in [3.8, 4) is 0 Å². The number of benzene rings is 1. The Kier molecular flexibility index (Phi) is 7.51. The molecule has 0 unspecified atom stereocenters. The second-order valence-electron chi connectivity index (χ2n) is 4.72. The molecule has 2 atom stereocenters. The Morgan fingerprint density at radius 1 is 1.22 bits per heavy atom. The topological polar surface area (TPSA) is 143 Å². The first kappa shape index (κ1) is 18.4. The first-order valence-electron chi connectivity index (χ1n) is 6.87. The van der Waals surface area contributed by atoms with E-state index in [1.807, 2.05) is 11.5 Å². The highest BCUT2D eigenvalue weighted by molar-refractivity contribution is 5.88. The molecular formula is C14H20N4O5. The fourth-order valence-electron chi connectivity index (χ4n) is 1.43. The fraction of sp³-hybridized carbons (Fsp3) is 0.357. The van der Waals surface area contributed by atoms with Gasteiger partial charge in [-0.25, -0.2) is 10.2 Å². The number of aliphatic hydroxyl groups excluding tert-OH is 1. The van der Waals surface area contributed by atoms with Gasteiger partial charge in [-0.3, -0.25) is 15.0 Å². The maximum Gasteiger partial charge on any atom is 0.426 e. The largest absolute Gasteiger partial charge is 0.443 e. The van der Waals surface area contributed by atoms with Gasteiger partial charge in [-0.15, -0.1) is 0 Å². The van der Waals surface area contributed by atoms with Crippen LogP contribution in [0, 0.1) is 0 Å². The Morgan fingerprint density at radius 2 is 1.87 bits per heavy atom. The van der Waals surface area contributed by atoms with Crippen molar-refractivity contribution in [2.45, 2.75) is 25.7 Å². The van der Waals surface area contributed by atoms with Crippen molar-refractivity contribution in [2.75, 3.05) is 6.54 Å². The molecule has 1 aromatic carbocycles. The molecule has 1 aromatic rings. The van der Waals surface area contributed by atoms with E-state index < -0.39 is 36.6 Å². The molecule has 0 radical (unpaired) electrons. The zero-order chi connectivity index (χ0) is 17.2. The molecule has 126 valence electrons. The van der Waals surface area contributed by atoms with E-state index in [0.717, 1.165) is 5.56 Å². The molecule has 0 aromatic heterocycles. The molecule has 3 amide bonds. The number of ether oxygens (including phenoxy) is 1. The van der Waals surface area contributed by atoms with Crippen LogP contribution in [0.15, 0.2) is 30.3 Å². The van der Waals surface area contributed by atoms with Gasteiger partial charge in [0.05, 0.1) is 12.6 Å². The monoisotopic (exact) mass is 324 g/mol. The summed E-state index contributed by atoms with van der Waals surface area (Å²) in [6.45, 7) is 1.01. The molecule has 0 heterocycles. The van der Waals surface area contributed by atoms with E-state index in [2.05, 4.69) is 10.7 Å². The normalized spacial score (nSPS) is 12.7. The van der Waals surface area contributed by atoms with Gasteiger partial charge in [-0.05, 0) is 12.5 Å². The van der Waals surface area contributed by atoms with Gasteiger partial charge in [0.1, 0.15) is 12.6 Å². The van der Waals surface area contributed by atoms with Gasteiger partial charge in [-0.2, -0.15) is 0 Å². The van der Waals surface area contributed by atoms with E-state index in [9.17, 15) is 14.4 Å². The molecule has 0 aliphatic heterocycles. The lowest BCUT2D eigenvalue weighted by Crippen LogP contribution is -2.51. The van der Waals surface area contributed by atoms with Crippen LogP contribution in [0.2, 0.25) is 0 Å². The molecule has 0 spiro atoms. The first-order chi connectivity index (χ1) is 10.9. The number of amides is 3. The summed E-state index contributed by atoms with van der Waals surface area (Å²) in [6.07, 6.45) is -1.88. The van der Waals surface area contributed by atoms with Crippen LogP contribution in [0.3, 0.4) is 0 Å². The van der Waals surface area contributed by atoms with Gasteiger partial charge < -0.3 is 20.9 Å². The maximum absolute atomic E-state index is 11.4. The molecule has 9 nitrogen and oxygen atoms in total. The molecule has 0 fully saturated rings. The number of nitrogens with two attached hydrogens (primary N) is 1. The molecular weight excluding hydrogens is 304 g/mol. The van der Waals surface area contributed by atoms with Crippen molar-refractivity contribution in [1.82, 2.24) is 16.2 Å². The van der Waals surface area contributed by atoms with E-state index in [1.54, 1.807) is 24.3 Å². The Balaban J connectivity index is 2.20. The molecule has 1 rings (SSSR count). The minimum Gasteiger partial charge on any atom is -0.443 e. The standard InChI is InChI=1S/C14H20N4O5/c1-9(19)12(15)13(21)16-7-11(20)17-18-14(22)23-8-10-5-3-2-4-6-10/h2-6,9,12,19H,7-8,15H2,1H3,(H,16,21)(H,17,20)(H,18,22)/t9-,12+/m1/s1. The van der Waals surface area contributed by atoms with Gasteiger partial charge >= 0.3 is 6.09 Å². The Bertz CT molecular complexity index is 535. The summed E-state index contributed by atoms with van der Waals surface area (Å²) in [4.78, 5) is 34.2. The van der Waals surface area contributed by atoms with Crippen molar-refractivity contribution < 1.29 is 24.2 Å². The highest BCUT2D eigenvalue weighted by Gasteiger charge is 2.19. The summed E-state index contributed by atoms with van der Waals surface area (Å²) >= 11 is 0. The van der Waals surface area contributed by atoms with Crippen LogP contribution >= 0.6 is 0 Å². The lowest BCUT2D eigenvalue weighted by Gasteiger charge is -2.14. The molecule has 9 heteroatoms. The van der Waals surface area contributed by atoms with Crippen LogP contribution in [0.4, 0.5) is 4.79 Å². The lowest BCUT2D eigenvalue weighted by molar-refractivity contribution is -0.128. The average Bonchev–Trinajstić information content (AvgIpc) is 2.55. The third-order valence-electron chi connectivity index (χ3n) is 2.76. The van der Waals surface area contributed by atoms with E-state index >= 15 is 0 Å². The van der Waals surface area contributed by atoms with Crippen molar-refractivity contribution in [1.29, 1.82) is 0 Å². The van der Waals surface area contributed by atoms with E-state index in [4.69, 9.17) is 15.6 Å². The number of nitrogens with one attached hydrogen (secondary N) is 3. The fourth-order valence-corrected chi connectivity index (χ4v) is 1.43. The summed E-state index contributed by atoms with van der Waals surface area (Å²) in [7, 11) is 0. The van der Waals surface area contributed by atoms with Crippen LogP contribution in [0.5, 0.6) is 0 Å². The number of hydrazine groups is 1. The highest BCUT2D eigenvalue weighted by Crippen LogP contribution is 1.99. The number of carbonyl (C=O) groups excluding carboxylic acids is 3. The summed E-state index contributed by atoms with van der Waals surface area (Å²) < 4.78 is 4.87.